The highest BCUT2D eigenvalue weighted by atomic mass is 19.4. The van der Waals surface area contributed by atoms with Gasteiger partial charge in [0, 0.05) is 11.3 Å². The van der Waals surface area contributed by atoms with Crippen LogP contribution in [0.4, 0.5) is 18.9 Å². The topological polar surface area (TPSA) is 91.2 Å². The number of hydrogen-bond acceptors (Lipinski definition) is 6. The van der Waals surface area contributed by atoms with Crippen molar-refractivity contribution in [2.75, 3.05) is 12.3 Å². The fourth-order valence-electron chi connectivity index (χ4n) is 1.56. The number of esters is 1. The zero-order valence-corrected chi connectivity index (χ0v) is 10.8. The van der Waals surface area contributed by atoms with Crippen LogP contribution in [0.25, 0.3) is 11.5 Å². The van der Waals surface area contributed by atoms with E-state index in [-0.39, 0.29) is 29.6 Å². The fourth-order valence-corrected chi connectivity index (χ4v) is 1.56. The van der Waals surface area contributed by atoms with Crippen LogP contribution < -0.4 is 5.73 Å². The average molecular weight is 301 g/mol. The molecule has 0 bridgehead atoms. The van der Waals surface area contributed by atoms with Crippen molar-refractivity contribution < 1.29 is 27.2 Å². The van der Waals surface area contributed by atoms with Gasteiger partial charge in [-0.1, -0.05) is 0 Å². The second kappa shape index (κ2) is 5.43. The van der Waals surface area contributed by atoms with Gasteiger partial charge in [0.2, 0.25) is 0 Å². The van der Waals surface area contributed by atoms with Crippen molar-refractivity contribution in [2.45, 2.75) is 13.1 Å². The second-order valence-electron chi connectivity index (χ2n) is 3.99. The van der Waals surface area contributed by atoms with E-state index in [0.717, 1.165) is 12.1 Å². The molecule has 0 aliphatic heterocycles. The number of halogens is 3. The molecular weight excluding hydrogens is 291 g/mol. The number of nitrogen functional groups attached to an aromatic ring is 1. The Morgan fingerprint density at radius 1 is 1.38 bits per heavy atom. The van der Waals surface area contributed by atoms with Crippen molar-refractivity contribution >= 4 is 11.7 Å². The van der Waals surface area contributed by atoms with E-state index in [1.165, 1.54) is 6.07 Å². The molecule has 0 atom stereocenters. The third-order valence-electron chi connectivity index (χ3n) is 2.41. The van der Waals surface area contributed by atoms with Gasteiger partial charge in [-0.05, 0) is 30.3 Å². The summed E-state index contributed by atoms with van der Waals surface area (Å²) in [6.45, 7) is 1.70. The highest BCUT2D eigenvalue weighted by molar-refractivity contribution is 5.85. The summed E-state index contributed by atoms with van der Waals surface area (Å²) in [6, 6.07) is 2.82. The van der Waals surface area contributed by atoms with Crippen molar-refractivity contribution in [1.29, 1.82) is 0 Å². The van der Waals surface area contributed by atoms with Crippen LogP contribution in [0, 0.1) is 0 Å². The molecule has 2 aromatic rings. The molecule has 0 aliphatic rings. The van der Waals surface area contributed by atoms with E-state index in [0.29, 0.717) is 0 Å². The van der Waals surface area contributed by atoms with Gasteiger partial charge in [0.15, 0.2) is 0 Å². The van der Waals surface area contributed by atoms with Crippen LogP contribution in [0.3, 0.4) is 0 Å². The zero-order chi connectivity index (χ0) is 15.6. The number of benzene rings is 1. The molecule has 1 aromatic heterocycles. The lowest BCUT2D eigenvalue weighted by Gasteiger charge is -2.08. The number of rotatable bonds is 3. The maximum absolute atomic E-state index is 12.7. The first kappa shape index (κ1) is 14.8. The SMILES string of the molecule is CCOC(=O)c1noc(-c2cc(N)cc(C(F)(F)F)c2)n1. The maximum atomic E-state index is 12.7. The standard InChI is InChI=1S/C12H10F3N3O3/c1-2-20-11(19)9-17-10(21-18-9)6-3-7(12(13,14)15)5-8(16)4-6/h3-5H,2,16H2,1H3. The molecular formula is C12H10F3N3O3. The minimum Gasteiger partial charge on any atom is -0.460 e. The van der Waals surface area contributed by atoms with E-state index in [2.05, 4.69) is 14.9 Å². The Morgan fingerprint density at radius 3 is 2.71 bits per heavy atom. The number of aromatic nitrogens is 2. The van der Waals surface area contributed by atoms with Crippen LogP contribution in [0.1, 0.15) is 23.1 Å². The highest BCUT2D eigenvalue weighted by Gasteiger charge is 2.31. The van der Waals surface area contributed by atoms with Crippen LogP contribution in [-0.4, -0.2) is 22.7 Å². The zero-order valence-electron chi connectivity index (χ0n) is 10.8. The van der Waals surface area contributed by atoms with Crippen LogP contribution >= 0.6 is 0 Å². The smallest absolute Gasteiger partial charge is 0.416 e. The Balaban J connectivity index is 2.39. The molecule has 21 heavy (non-hydrogen) atoms. The number of carbonyl (C=O) groups excluding carboxylic acids is 1. The van der Waals surface area contributed by atoms with E-state index in [4.69, 9.17) is 10.3 Å². The van der Waals surface area contributed by atoms with Gasteiger partial charge in [-0.25, -0.2) is 4.79 Å². The predicted octanol–water partition coefficient (Wildman–Crippen LogP) is 2.51. The quantitative estimate of drug-likeness (QED) is 0.692. The number of hydrogen-bond donors (Lipinski definition) is 1. The van der Waals surface area contributed by atoms with Crippen molar-refractivity contribution in [3.8, 4) is 11.5 Å². The number of alkyl halides is 3. The molecule has 0 spiro atoms. The summed E-state index contributed by atoms with van der Waals surface area (Å²) in [5.41, 5.74) is 4.32. The van der Waals surface area contributed by atoms with E-state index in [1.807, 2.05) is 0 Å². The molecule has 6 nitrogen and oxygen atoms in total. The Kier molecular flexibility index (Phi) is 3.83. The molecule has 0 aliphatic carbocycles. The summed E-state index contributed by atoms with van der Waals surface area (Å²) in [7, 11) is 0. The van der Waals surface area contributed by atoms with Crippen molar-refractivity contribution in [2.24, 2.45) is 0 Å². The third kappa shape index (κ3) is 3.30. The molecule has 9 heteroatoms. The van der Waals surface area contributed by atoms with E-state index in [9.17, 15) is 18.0 Å². The monoisotopic (exact) mass is 301 g/mol. The largest absolute Gasteiger partial charge is 0.460 e. The summed E-state index contributed by atoms with van der Waals surface area (Å²) in [5, 5.41) is 3.35. The normalized spacial score (nSPS) is 11.4. The molecule has 0 fully saturated rings. The summed E-state index contributed by atoms with van der Waals surface area (Å²) in [4.78, 5) is 15.1. The molecule has 112 valence electrons. The first-order valence-electron chi connectivity index (χ1n) is 5.80. The number of ether oxygens (including phenoxy) is 1. The summed E-state index contributed by atoms with van der Waals surface area (Å²) in [5.74, 6) is -1.45. The van der Waals surface area contributed by atoms with Gasteiger partial charge in [-0.3, -0.25) is 0 Å². The van der Waals surface area contributed by atoms with Crippen LogP contribution in [0.5, 0.6) is 0 Å². The Bertz CT molecular complexity index is 667. The minimum absolute atomic E-state index is 0.0367. The number of anilines is 1. The number of carbonyl (C=O) groups is 1. The van der Waals surface area contributed by atoms with Gasteiger partial charge in [0.25, 0.3) is 11.7 Å². The van der Waals surface area contributed by atoms with Crippen LogP contribution in [0.2, 0.25) is 0 Å². The lowest BCUT2D eigenvalue weighted by atomic mass is 10.1. The molecule has 0 saturated carbocycles. The van der Waals surface area contributed by atoms with Gasteiger partial charge >= 0.3 is 12.1 Å². The summed E-state index contributed by atoms with van der Waals surface area (Å²) >= 11 is 0. The molecule has 0 saturated heterocycles. The first-order chi connectivity index (χ1) is 9.81. The first-order valence-corrected chi connectivity index (χ1v) is 5.80. The van der Waals surface area contributed by atoms with Crippen molar-refractivity contribution in [3.63, 3.8) is 0 Å². The predicted molar refractivity (Wildman–Crippen MR) is 65.1 cm³/mol. The number of nitrogens with zero attached hydrogens (tertiary/aromatic N) is 2. The third-order valence-corrected chi connectivity index (χ3v) is 2.41. The van der Waals surface area contributed by atoms with Crippen LogP contribution in [0.15, 0.2) is 22.7 Å². The lowest BCUT2D eigenvalue weighted by molar-refractivity contribution is -0.137. The minimum atomic E-state index is -4.56. The molecule has 0 radical (unpaired) electrons. The van der Waals surface area contributed by atoms with E-state index >= 15 is 0 Å². The molecule has 2 N–H and O–H groups in total. The molecule has 1 aromatic carbocycles. The summed E-state index contributed by atoms with van der Waals surface area (Å²) < 4.78 is 47.5. The van der Waals surface area contributed by atoms with Crippen molar-refractivity contribution in [3.05, 3.63) is 29.6 Å². The molecule has 0 amide bonds. The van der Waals surface area contributed by atoms with Gasteiger partial charge < -0.3 is 15.0 Å². The Labute approximate surface area is 116 Å². The molecule has 1 heterocycles. The van der Waals surface area contributed by atoms with Crippen LogP contribution in [-0.2, 0) is 10.9 Å². The van der Waals surface area contributed by atoms with E-state index in [1.54, 1.807) is 6.92 Å². The second-order valence-corrected chi connectivity index (χ2v) is 3.99. The Morgan fingerprint density at radius 2 is 2.10 bits per heavy atom. The maximum Gasteiger partial charge on any atom is 0.416 e. The fraction of sp³-hybridized carbons (Fsp3) is 0.250. The van der Waals surface area contributed by atoms with Gasteiger partial charge in [0.1, 0.15) is 0 Å². The number of nitrogens with two attached hydrogens (primary N) is 1. The van der Waals surface area contributed by atoms with E-state index < -0.39 is 17.7 Å². The average Bonchev–Trinajstić information content (AvgIpc) is 2.87. The Hall–Kier alpha value is -2.58. The molecule has 0 unspecified atom stereocenters. The van der Waals surface area contributed by atoms with Crippen molar-refractivity contribution in [1.82, 2.24) is 10.1 Å². The summed E-state index contributed by atoms with van der Waals surface area (Å²) in [6.07, 6.45) is -4.56. The van der Waals surface area contributed by atoms with Gasteiger partial charge in [0.05, 0.1) is 12.2 Å². The lowest BCUT2D eigenvalue weighted by Crippen LogP contribution is -2.07. The highest BCUT2D eigenvalue weighted by Crippen LogP contribution is 2.33. The van der Waals surface area contributed by atoms with Gasteiger partial charge in [-0.2, -0.15) is 18.2 Å². The van der Waals surface area contributed by atoms with Gasteiger partial charge in [-0.15, -0.1) is 0 Å². The molecule has 2 rings (SSSR count).